The van der Waals surface area contributed by atoms with Crippen molar-refractivity contribution in [3.63, 3.8) is 0 Å². The SMILES string of the molecule is Cc1ccccc1CN1C(=O)[C@](O)(CC(=O)c2ccc(Cl)s2)c2cc(Cl)ccc21. The third-order valence-corrected chi connectivity index (χ3v) is 6.66. The van der Waals surface area contributed by atoms with Crippen molar-refractivity contribution in [1.29, 1.82) is 0 Å². The van der Waals surface area contributed by atoms with E-state index in [0.717, 1.165) is 22.5 Å². The highest BCUT2D eigenvalue weighted by atomic mass is 35.5. The van der Waals surface area contributed by atoms with E-state index in [0.29, 0.717) is 32.0 Å². The number of carbonyl (C=O) groups excluding carboxylic acids is 2. The van der Waals surface area contributed by atoms with E-state index in [-0.39, 0.29) is 12.2 Å². The number of halogens is 2. The zero-order chi connectivity index (χ0) is 20.8. The Hall–Kier alpha value is -2.18. The molecule has 0 aliphatic carbocycles. The van der Waals surface area contributed by atoms with Gasteiger partial charge in [-0.2, -0.15) is 0 Å². The normalized spacial score (nSPS) is 18.2. The first-order chi connectivity index (χ1) is 13.8. The van der Waals surface area contributed by atoms with E-state index in [1.54, 1.807) is 30.3 Å². The van der Waals surface area contributed by atoms with Crippen molar-refractivity contribution in [2.24, 2.45) is 0 Å². The molecule has 0 saturated carbocycles. The number of carbonyl (C=O) groups is 2. The van der Waals surface area contributed by atoms with E-state index < -0.39 is 11.5 Å². The maximum atomic E-state index is 13.3. The molecule has 148 valence electrons. The van der Waals surface area contributed by atoms with Gasteiger partial charge in [0.05, 0.1) is 27.9 Å². The number of fused-ring (bicyclic) bond motifs is 1. The number of rotatable bonds is 5. The number of aryl methyl sites for hydroxylation is 1. The smallest absolute Gasteiger partial charge is 0.264 e. The zero-order valence-corrected chi connectivity index (χ0v) is 17.8. The fourth-order valence-corrected chi connectivity index (χ4v) is 4.74. The number of hydrogen-bond acceptors (Lipinski definition) is 4. The van der Waals surface area contributed by atoms with Crippen LogP contribution in [0.15, 0.2) is 54.6 Å². The molecule has 7 heteroatoms. The Bertz CT molecular complexity index is 1130. The van der Waals surface area contributed by atoms with Crippen molar-refractivity contribution in [1.82, 2.24) is 0 Å². The number of amides is 1. The molecule has 0 saturated heterocycles. The Morgan fingerprint density at radius 3 is 2.59 bits per heavy atom. The van der Waals surface area contributed by atoms with Gasteiger partial charge < -0.3 is 10.0 Å². The van der Waals surface area contributed by atoms with Crippen molar-refractivity contribution < 1.29 is 14.7 Å². The van der Waals surface area contributed by atoms with Gasteiger partial charge >= 0.3 is 0 Å². The molecule has 1 aromatic heterocycles. The van der Waals surface area contributed by atoms with Crippen LogP contribution < -0.4 is 4.90 Å². The second kappa shape index (κ2) is 7.58. The summed E-state index contributed by atoms with van der Waals surface area (Å²) in [5, 5.41) is 11.8. The van der Waals surface area contributed by atoms with Crippen LogP contribution >= 0.6 is 34.5 Å². The number of hydrogen-bond donors (Lipinski definition) is 1. The van der Waals surface area contributed by atoms with Crippen molar-refractivity contribution in [2.45, 2.75) is 25.5 Å². The third kappa shape index (κ3) is 3.60. The van der Waals surface area contributed by atoms with Crippen LogP contribution in [0.2, 0.25) is 9.36 Å². The number of Topliss-reactive ketones (excluding diaryl/α,β-unsaturated/α-hetero) is 1. The van der Waals surface area contributed by atoms with Gasteiger partial charge in [0.15, 0.2) is 11.4 Å². The fraction of sp³-hybridized carbons (Fsp3) is 0.182. The minimum atomic E-state index is -1.98. The van der Waals surface area contributed by atoms with Gasteiger partial charge in [-0.25, -0.2) is 0 Å². The standard InChI is InChI=1S/C22H17Cl2NO3S/c1-13-4-2-3-5-14(13)12-25-17-7-6-15(23)10-16(17)22(28,21(25)27)11-18(26)19-8-9-20(24)29-19/h2-10,28H,11-12H2,1H3/t22-/m0/s1. The first kappa shape index (κ1) is 20.1. The minimum absolute atomic E-state index is 0.293. The lowest BCUT2D eigenvalue weighted by molar-refractivity contribution is -0.136. The number of benzene rings is 2. The fourth-order valence-electron chi connectivity index (χ4n) is 3.59. The van der Waals surface area contributed by atoms with E-state index in [9.17, 15) is 14.7 Å². The largest absolute Gasteiger partial charge is 0.375 e. The summed E-state index contributed by atoms with van der Waals surface area (Å²) in [6, 6.07) is 15.9. The molecule has 2 aromatic carbocycles. The molecule has 1 amide bonds. The van der Waals surface area contributed by atoms with E-state index >= 15 is 0 Å². The Labute approximate surface area is 182 Å². The Kier molecular flexibility index (Phi) is 5.25. The molecule has 0 fully saturated rings. The molecule has 1 aliphatic heterocycles. The van der Waals surface area contributed by atoms with Gasteiger partial charge in [-0.05, 0) is 48.4 Å². The number of nitrogens with zero attached hydrogens (tertiary/aromatic N) is 1. The molecule has 0 bridgehead atoms. The van der Waals surface area contributed by atoms with Crippen LogP contribution in [0.25, 0.3) is 0 Å². The first-order valence-corrected chi connectivity index (χ1v) is 10.5. The molecule has 2 heterocycles. The van der Waals surface area contributed by atoms with Gasteiger partial charge in [0.25, 0.3) is 5.91 Å². The summed E-state index contributed by atoms with van der Waals surface area (Å²) < 4.78 is 0.475. The predicted octanol–water partition coefficient (Wildman–Crippen LogP) is 5.37. The molecule has 1 N–H and O–H groups in total. The first-order valence-electron chi connectivity index (χ1n) is 8.97. The van der Waals surface area contributed by atoms with E-state index in [2.05, 4.69) is 0 Å². The van der Waals surface area contributed by atoms with Crippen LogP contribution in [-0.4, -0.2) is 16.8 Å². The molecule has 0 unspecified atom stereocenters. The van der Waals surface area contributed by atoms with Crippen molar-refractivity contribution >= 4 is 51.9 Å². The monoisotopic (exact) mass is 445 g/mol. The van der Waals surface area contributed by atoms with Crippen LogP contribution in [0.4, 0.5) is 5.69 Å². The van der Waals surface area contributed by atoms with Crippen molar-refractivity contribution in [2.75, 3.05) is 4.90 Å². The molecule has 4 rings (SSSR count). The number of thiophene rings is 1. The highest BCUT2D eigenvalue weighted by Crippen LogP contribution is 2.45. The Morgan fingerprint density at radius 2 is 1.90 bits per heavy atom. The number of ketones is 1. The summed E-state index contributed by atoms with van der Waals surface area (Å²) in [5.74, 6) is -0.879. The molecular weight excluding hydrogens is 429 g/mol. The minimum Gasteiger partial charge on any atom is -0.375 e. The lowest BCUT2D eigenvalue weighted by Gasteiger charge is -2.23. The van der Waals surface area contributed by atoms with Gasteiger partial charge in [0, 0.05) is 10.6 Å². The third-order valence-electron chi connectivity index (χ3n) is 5.15. The number of anilines is 1. The average molecular weight is 446 g/mol. The van der Waals surface area contributed by atoms with E-state index in [4.69, 9.17) is 23.2 Å². The summed E-state index contributed by atoms with van der Waals surface area (Å²) in [6.45, 7) is 2.26. The van der Waals surface area contributed by atoms with Crippen LogP contribution in [0.3, 0.4) is 0 Å². The maximum Gasteiger partial charge on any atom is 0.264 e. The van der Waals surface area contributed by atoms with Crippen molar-refractivity contribution in [3.05, 3.63) is 85.5 Å². The second-order valence-electron chi connectivity index (χ2n) is 7.04. The van der Waals surface area contributed by atoms with Crippen LogP contribution in [0.5, 0.6) is 0 Å². The molecule has 0 radical (unpaired) electrons. The van der Waals surface area contributed by atoms with Gasteiger partial charge in [-0.15, -0.1) is 11.3 Å². The molecule has 29 heavy (non-hydrogen) atoms. The van der Waals surface area contributed by atoms with Gasteiger partial charge in [0.1, 0.15) is 0 Å². The molecule has 3 aromatic rings. The van der Waals surface area contributed by atoms with Gasteiger partial charge in [-0.3, -0.25) is 9.59 Å². The maximum absolute atomic E-state index is 13.3. The topological polar surface area (TPSA) is 57.6 Å². The summed E-state index contributed by atoms with van der Waals surface area (Å²) in [5.41, 5.74) is 0.927. The molecule has 1 atom stereocenters. The van der Waals surface area contributed by atoms with E-state index in [1.807, 2.05) is 31.2 Å². The Morgan fingerprint density at radius 1 is 1.14 bits per heavy atom. The van der Waals surface area contributed by atoms with Crippen molar-refractivity contribution in [3.8, 4) is 0 Å². The highest BCUT2D eigenvalue weighted by Gasteiger charge is 2.51. The molecule has 1 aliphatic rings. The summed E-state index contributed by atoms with van der Waals surface area (Å²) >= 11 is 13.2. The zero-order valence-electron chi connectivity index (χ0n) is 15.5. The summed E-state index contributed by atoms with van der Waals surface area (Å²) in [7, 11) is 0. The van der Waals surface area contributed by atoms with Gasteiger partial charge in [-0.1, -0.05) is 47.5 Å². The predicted molar refractivity (Wildman–Crippen MR) is 116 cm³/mol. The second-order valence-corrected chi connectivity index (χ2v) is 9.19. The van der Waals surface area contributed by atoms with Crippen LogP contribution in [0, 0.1) is 6.92 Å². The highest BCUT2D eigenvalue weighted by molar-refractivity contribution is 7.18. The molecule has 4 nitrogen and oxygen atoms in total. The lowest BCUT2D eigenvalue weighted by Crippen LogP contribution is -2.41. The average Bonchev–Trinajstić information content (AvgIpc) is 3.20. The quantitative estimate of drug-likeness (QED) is 0.536. The van der Waals surface area contributed by atoms with Crippen LogP contribution in [-0.2, 0) is 16.9 Å². The van der Waals surface area contributed by atoms with E-state index in [1.165, 1.54) is 4.90 Å². The number of aliphatic hydroxyl groups is 1. The lowest BCUT2D eigenvalue weighted by atomic mass is 9.89. The Balaban J connectivity index is 1.73. The molecular formula is C22H17Cl2NO3S. The van der Waals surface area contributed by atoms with Gasteiger partial charge in [0.2, 0.25) is 0 Å². The molecule has 0 spiro atoms. The van der Waals surface area contributed by atoms with Crippen LogP contribution in [0.1, 0.15) is 32.8 Å². The summed E-state index contributed by atoms with van der Waals surface area (Å²) in [6.07, 6.45) is -0.375. The summed E-state index contributed by atoms with van der Waals surface area (Å²) in [4.78, 5) is 28.0.